The molecule has 2 heteroatoms. The average molecular weight is 189 g/mol. The fourth-order valence-electron chi connectivity index (χ4n) is 2.09. The fraction of sp³-hybridized carbons (Fsp3) is 0.333. The van der Waals surface area contributed by atoms with Crippen LogP contribution in [0, 0.1) is 18.2 Å². The summed E-state index contributed by atoms with van der Waals surface area (Å²) >= 11 is 0. The van der Waals surface area contributed by atoms with Gasteiger partial charge in [-0.25, -0.2) is 4.39 Å². The van der Waals surface area contributed by atoms with Crippen LogP contribution in [-0.2, 0) is 12.0 Å². The Kier molecular flexibility index (Phi) is 2.05. The molecule has 14 heavy (non-hydrogen) atoms. The summed E-state index contributed by atoms with van der Waals surface area (Å²) in [5.41, 5.74) is 7.65. The predicted octanol–water partition coefficient (Wildman–Crippen LogP) is 1.95. The second-order valence-corrected chi connectivity index (χ2v) is 3.84. The van der Waals surface area contributed by atoms with E-state index in [0.717, 1.165) is 24.0 Å². The number of rotatable bonds is 1. The lowest BCUT2D eigenvalue weighted by molar-refractivity contribution is 0.452. The van der Waals surface area contributed by atoms with Gasteiger partial charge in [0.15, 0.2) is 0 Å². The van der Waals surface area contributed by atoms with Crippen LogP contribution in [0.25, 0.3) is 0 Å². The van der Waals surface area contributed by atoms with Crippen LogP contribution in [0.15, 0.2) is 18.2 Å². The molecule has 1 aliphatic carbocycles. The molecule has 1 atom stereocenters. The van der Waals surface area contributed by atoms with E-state index in [1.165, 1.54) is 12.1 Å². The number of benzene rings is 1. The van der Waals surface area contributed by atoms with Crippen molar-refractivity contribution in [3.05, 3.63) is 35.1 Å². The maximum Gasteiger partial charge on any atom is 0.123 e. The first-order valence-electron chi connectivity index (χ1n) is 4.67. The van der Waals surface area contributed by atoms with Gasteiger partial charge < -0.3 is 5.73 Å². The van der Waals surface area contributed by atoms with Gasteiger partial charge >= 0.3 is 0 Å². The zero-order valence-corrected chi connectivity index (χ0v) is 7.89. The van der Waals surface area contributed by atoms with Crippen molar-refractivity contribution in [3.8, 4) is 12.3 Å². The van der Waals surface area contributed by atoms with Crippen molar-refractivity contribution >= 4 is 0 Å². The summed E-state index contributed by atoms with van der Waals surface area (Å²) in [5.74, 6) is 2.32. The SMILES string of the molecule is C#CCC1(N)CCc2ccc(F)cc21. The molecule has 0 aliphatic heterocycles. The van der Waals surface area contributed by atoms with Crippen LogP contribution in [0.1, 0.15) is 24.0 Å². The van der Waals surface area contributed by atoms with Crippen molar-refractivity contribution in [3.63, 3.8) is 0 Å². The van der Waals surface area contributed by atoms with E-state index in [4.69, 9.17) is 12.2 Å². The largest absolute Gasteiger partial charge is 0.321 e. The van der Waals surface area contributed by atoms with Gasteiger partial charge in [-0.2, -0.15) is 0 Å². The summed E-state index contributed by atoms with van der Waals surface area (Å²) in [4.78, 5) is 0. The van der Waals surface area contributed by atoms with Gasteiger partial charge in [0, 0.05) is 6.42 Å². The van der Waals surface area contributed by atoms with Crippen LogP contribution in [0.2, 0.25) is 0 Å². The van der Waals surface area contributed by atoms with Gasteiger partial charge in [0.2, 0.25) is 0 Å². The van der Waals surface area contributed by atoms with Crippen molar-refractivity contribution in [1.29, 1.82) is 0 Å². The molecular weight excluding hydrogens is 177 g/mol. The van der Waals surface area contributed by atoms with Crippen molar-refractivity contribution < 1.29 is 4.39 Å². The Hall–Kier alpha value is -1.33. The molecule has 1 aliphatic rings. The average Bonchev–Trinajstić information content (AvgIpc) is 2.45. The standard InChI is InChI=1S/C12H12FN/c1-2-6-12(14)7-5-9-3-4-10(13)8-11(9)12/h1,3-4,8H,5-7,14H2. The highest BCUT2D eigenvalue weighted by atomic mass is 19.1. The molecule has 0 bridgehead atoms. The second kappa shape index (κ2) is 3.11. The highest BCUT2D eigenvalue weighted by Gasteiger charge is 2.34. The van der Waals surface area contributed by atoms with Gasteiger partial charge in [-0.05, 0) is 36.1 Å². The Morgan fingerprint density at radius 2 is 2.36 bits per heavy atom. The Morgan fingerprint density at radius 3 is 3.07 bits per heavy atom. The first kappa shape index (κ1) is 9.23. The number of hydrogen-bond acceptors (Lipinski definition) is 1. The van der Waals surface area contributed by atoms with Gasteiger partial charge in [-0.1, -0.05) is 6.07 Å². The zero-order chi connectivity index (χ0) is 10.2. The van der Waals surface area contributed by atoms with Gasteiger partial charge in [0.05, 0.1) is 5.54 Å². The summed E-state index contributed by atoms with van der Waals surface area (Å²) in [6, 6.07) is 4.79. The smallest absolute Gasteiger partial charge is 0.123 e. The monoisotopic (exact) mass is 189 g/mol. The van der Waals surface area contributed by atoms with E-state index in [2.05, 4.69) is 5.92 Å². The summed E-state index contributed by atoms with van der Waals surface area (Å²) in [6.07, 6.45) is 7.45. The number of nitrogens with two attached hydrogens (primary N) is 1. The summed E-state index contributed by atoms with van der Waals surface area (Å²) < 4.78 is 13.0. The molecule has 0 fully saturated rings. The minimum atomic E-state index is -0.508. The summed E-state index contributed by atoms with van der Waals surface area (Å²) in [7, 11) is 0. The maximum atomic E-state index is 13.0. The van der Waals surface area contributed by atoms with Crippen LogP contribution in [0.5, 0.6) is 0 Å². The molecule has 1 unspecified atom stereocenters. The predicted molar refractivity (Wildman–Crippen MR) is 54.0 cm³/mol. The zero-order valence-electron chi connectivity index (χ0n) is 7.89. The molecule has 1 aromatic rings. The highest BCUT2D eigenvalue weighted by Crippen LogP contribution is 2.37. The van der Waals surface area contributed by atoms with E-state index >= 15 is 0 Å². The minimum Gasteiger partial charge on any atom is -0.321 e. The van der Waals surface area contributed by atoms with Crippen molar-refractivity contribution in [2.24, 2.45) is 5.73 Å². The molecule has 0 aromatic heterocycles. The van der Waals surface area contributed by atoms with Crippen molar-refractivity contribution in [1.82, 2.24) is 0 Å². The Morgan fingerprint density at radius 1 is 1.57 bits per heavy atom. The molecule has 0 radical (unpaired) electrons. The molecular formula is C12H12FN. The number of aryl methyl sites for hydroxylation is 1. The van der Waals surface area contributed by atoms with Crippen LogP contribution < -0.4 is 5.73 Å². The summed E-state index contributed by atoms with van der Waals surface area (Å²) in [6.45, 7) is 0. The molecule has 1 nitrogen and oxygen atoms in total. The Bertz CT molecular complexity index is 405. The Balaban J connectivity index is 2.48. The molecule has 72 valence electrons. The fourth-order valence-corrected chi connectivity index (χ4v) is 2.09. The third-order valence-electron chi connectivity index (χ3n) is 2.87. The molecule has 0 saturated carbocycles. The lowest BCUT2D eigenvalue weighted by Gasteiger charge is -2.22. The first-order valence-corrected chi connectivity index (χ1v) is 4.67. The number of terminal acetylenes is 1. The van der Waals surface area contributed by atoms with E-state index in [0.29, 0.717) is 6.42 Å². The lowest BCUT2D eigenvalue weighted by Crippen LogP contribution is -2.33. The van der Waals surface area contributed by atoms with Crippen molar-refractivity contribution in [2.45, 2.75) is 24.8 Å². The maximum absolute atomic E-state index is 13.0. The van der Waals surface area contributed by atoms with Gasteiger partial charge in [-0.15, -0.1) is 12.3 Å². The van der Waals surface area contributed by atoms with E-state index in [9.17, 15) is 4.39 Å². The number of halogens is 1. The number of fused-ring (bicyclic) bond motifs is 1. The van der Waals surface area contributed by atoms with E-state index in [1.54, 1.807) is 6.07 Å². The van der Waals surface area contributed by atoms with Gasteiger partial charge in [0.25, 0.3) is 0 Å². The second-order valence-electron chi connectivity index (χ2n) is 3.84. The van der Waals surface area contributed by atoms with Crippen molar-refractivity contribution in [2.75, 3.05) is 0 Å². The van der Waals surface area contributed by atoms with E-state index < -0.39 is 5.54 Å². The lowest BCUT2D eigenvalue weighted by atomic mass is 9.90. The molecule has 2 N–H and O–H groups in total. The third-order valence-corrected chi connectivity index (χ3v) is 2.87. The van der Waals surface area contributed by atoms with Gasteiger partial charge in [-0.3, -0.25) is 0 Å². The molecule has 2 rings (SSSR count). The Labute approximate surface area is 83.1 Å². The first-order chi connectivity index (χ1) is 6.65. The van der Waals surface area contributed by atoms with E-state index in [1.807, 2.05) is 0 Å². The highest BCUT2D eigenvalue weighted by molar-refractivity contribution is 5.39. The topological polar surface area (TPSA) is 26.0 Å². The molecule has 0 spiro atoms. The van der Waals surface area contributed by atoms with Crippen LogP contribution in [-0.4, -0.2) is 0 Å². The van der Waals surface area contributed by atoms with Crippen LogP contribution in [0.3, 0.4) is 0 Å². The van der Waals surface area contributed by atoms with Crippen LogP contribution >= 0.6 is 0 Å². The molecule has 0 amide bonds. The molecule has 1 aromatic carbocycles. The third kappa shape index (κ3) is 1.30. The molecule has 0 saturated heterocycles. The molecule has 0 heterocycles. The van der Waals surface area contributed by atoms with E-state index in [-0.39, 0.29) is 5.82 Å². The van der Waals surface area contributed by atoms with Gasteiger partial charge in [0.1, 0.15) is 5.82 Å². The summed E-state index contributed by atoms with van der Waals surface area (Å²) in [5, 5.41) is 0. The normalized spacial score (nSPS) is 24.4. The minimum absolute atomic E-state index is 0.238. The quantitative estimate of drug-likeness (QED) is 0.671. The van der Waals surface area contributed by atoms with Crippen LogP contribution in [0.4, 0.5) is 4.39 Å². The number of hydrogen-bond donors (Lipinski definition) is 1.